The van der Waals surface area contributed by atoms with Crippen LogP contribution in [0.2, 0.25) is 0 Å². The zero-order valence-electron chi connectivity index (χ0n) is 7.33. The topological polar surface area (TPSA) is 24.9 Å². The van der Waals surface area contributed by atoms with Crippen LogP contribution in [-0.4, -0.2) is 18.6 Å². The number of hydrogen-bond acceptors (Lipinski definition) is 2. The third-order valence-electron chi connectivity index (χ3n) is 1.58. The zero-order chi connectivity index (χ0) is 8.65. The summed E-state index contributed by atoms with van der Waals surface area (Å²) in [7, 11) is 1.96. The predicted octanol–water partition coefficient (Wildman–Crippen LogP) is 1.70. The summed E-state index contributed by atoms with van der Waals surface area (Å²) in [4.78, 5) is 3.94. The maximum atomic E-state index is 3.94. The van der Waals surface area contributed by atoms with E-state index >= 15 is 0 Å². The van der Waals surface area contributed by atoms with Crippen molar-refractivity contribution < 1.29 is 0 Å². The molecule has 64 valence electrons. The Bertz CT molecular complexity index is 229. The Morgan fingerprint density at radius 3 is 2.83 bits per heavy atom. The molecular weight excluding hydrogens is 148 g/mol. The van der Waals surface area contributed by atoms with Gasteiger partial charge in [0.2, 0.25) is 0 Å². The Kier molecular flexibility index (Phi) is 4.09. The molecule has 0 aliphatic carbocycles. The van der Waals surface area contributed by atoms with Gasteiger partial charge in [-0.25, -0.2) is 0 Å². The minimum Gasteiger partial charge on any atom is -0.319 e. The number of pyridine rings is 1. The van der Waals surface area contributed by atoms with Gasteiger partial charge in [-0.3, -0.25) is 4.98 Å². The summed E-state index contributed by atoms with van der Waals surface area (Å²) in [6.07, 6.45) is 8.94. The van der Waals surface area contributed by atoms with Crippen LogP contribution in [0.15, 0.2) is 30.6 Å². The third-order valence-corrected chi connectivity index (χ3v) is 1.58. The van der Waals surface area contributed by atoms with Crippen molar-refractivity contribution in [2.75, 3.05) is 13.6 Å². The molecule has 1 heterocycles. The molecule has 0 atom stereocenters. The third kappa shape index (κ3) is 3.30. The summed E-state index contributed by atoms with van der Waals surface area (Å²) in [5.41, 5.74) is 1.21. The standard InChI is InChI=1S/C10H14N2/c1-11-7-3-2-4-10-5-8-12-9-6-10/h2,4-6,8-9,11H,3,7H2,1H3. The Morgan fingerprint density at radius 1 is 1.42 bits per heavy atom. The van der Waals surface area contributed by atoms with Gasteiger partial charge < -0.3 is 5.32 Å². The van der Waals surface area contributed by atoms with E-state index in [1.165, 1.54) is 5.56 Å². The molecule has 2 nitrogen and oxygen atoms in total. The Balaban J connectivity index is 2.36. The van der Waals surface area contributed by atoms with E-state index in [4.69, 9.17) is 0 Å². The first-order valence-corrected chi connectivity index (χ1v) is 4.14. The second-order valence-electron chi connectivity index (χ2n) is 2.58. The van der Waals surface area contributed by atoms with E-state index in [1.807, 2.05) is 19.2 Å². The van der Waals surface area contributed by atoms with Crippen molar-refractivity contribution in [1.82, 2.24) is 10.3 Å². The lowest BCUT2D eigenvalue weighted by atomic mass is 10.2. The molecule has 0 spiro atoms. The van der Waals surface area contributed by atoms with E-state index in [2.05, 4.69) is 22.5 Å². The largest absolute Gasteiger partial charge is 0.319 e. The zero-order valence-corrected chi connectivity index (χ0v) is 7.33. The van der Waals surface area contributed by atoms with E-state index < -0.39 is 0 Å². The second-order valence-corrected chi connectivity index (χ2v) is 2.58. The van der Waals surface area contributed by atoms with Crippen LogP contribution in [-0.2, 0) is 0 Å². The highest BCUT2D eigenvalue weighted by molar-refractivity contribution is 5.47. The van der Waals surface area contributed by atoms with Crippen molar-refractivity contribution in [3.63, 3.8) is 0 Å². The van der Waals surface area contributed by atoms with Crippen molar-refractivity contribution in [2.24, 2.45) is 0 Å². The lowest BCUT2D eigenvalue weighted by molar-refractivity contribution is 0.809. The van der Waals surface area contributed by atoms with Crippen LogP contribution in [0.5, 0.6) is 0 Å². The van der Waals surface area contributed by atoms with Crippen LogP contribution in [0.1, 0.15) is 12.0 Å². The molecule has 1 aromatic rings. The molecule has 0 aliphatic heterocycles. The minimum atomic E-state index is 1.03. The predicted molar refractivity (Wildman–Crippen MR) is 51.8 cm³/mol. The van der Waals surface area contributed by atoms with E-state index in [9.17, 15) is 0 Å². The van der Waals surface area contributed by atoms with Crippen molar-refractivity contribution in [3.8, 4) is 0 Å². The Hall–Kier alpha value is -1.15. The van der Waals surface area contributed by atoms with Gasteiger partial charge in [0, 0.05) is 12.4 Å². The molecule has 2 heteroatoms. The summed E-state index contributed by atoms with van der Waals surface area (Å²) in [6.45, 7) is 1.03. The highest BCUT2D eigenvalue weighted by Crippen LogP contribution is 1.99. The summed E-state index contributed by atoms with van der Waals surface area (Å²) in [5, 5.41) is 3.09. The van der Waals surface area contributed by atoms with Crippen LogP contribution >= 0.6 is 0 Å². The van der Waals surface area contributed by atoms with E-state index in [1.54, 1.807) is 12.4 Å². The molecule has 0 amide bonds. The summed E-state index contributed by atoms with van der Waals surface area (Å²) in [6, 6.07) is 3.99. The Morgan fingerprint density at radius 2 is 2.17 bits per heavy atom. The first-order chi connectivity index (χ1) is 5.93. The first-order valence-electron chi connectivity index (χ1n) is 4.14. The number of hydrogen-bond donors (Lipinski definition) is 1. The monoisotopic (exact) mass is 162 g/mol. The molecule has 0 aromatic carbocycles. The van der Waals surface area contributed by atoms with E-state index in [0.717, 1.165) is 13.0 Å². The summed E-state index contributed by atoms with van der Waals surface area (Å²) >= 11 is 0. The van der Waals surface area contributed by atoms with Gasteiger partial charge in [-0.15, -0.1) is 0 Å². The number of rotatable bonds is 4. The van der Waals surface area contributed by atoms with Crippen molar-refractivity contribution in [2.45, 2.75) is 6.42 Å². The van der Waals surface area contributed by atoms with Gasteiger partial charge >= 0.3 is 0 Å². The molecule has 0 saturated carbocycles. The van der Waals surface area contributed by atoms with Gasteiger partial charge in [-0.2, -0.15) is 0 Å². The SMILES string of the molecule is CNCCC=Cc1ccncc1. The number of aromatic nitrogens is 1. The maximum absolute atomic E-state index is 3.94. The molecule has 0 fully saturated rings. The van der Waals surface area contributed by atoms with Gasteiger partial charge in [-0.05, 0) is 37.7 Å². The lowest BCUT2D eigenvalue weighted by Gasteiger charge is -1.92. The lowest BCUT2D eigenvalue weighted by Crippen LogP contribution is -2.05. The molecule has 0 unspecified atom stereocenters. The van der Waals surface area contributed by atoms with E-state index in [0.29, 0.717) is 0 Å². The van der Waals surface area contributed by atoms with Crippen molar-refractivity contribution >= 4 is 6.08 Å². The van der Waals surface area contributed by atoms with Gasteiger partial charge in [0.05, 0.1) is 0 Å². The molecule has 1 aromatic heterocycles. The van der Waals surface area contributed by atoms with Crippen LogP contribution in [0.25, 0.3) is 6.08 Å². The normalized spacial score (nSPS) is 10.8. The first kappa shape index (κ1) is 8.94. The van der Waals surface area contributed by atoms with E-state index in [-0.39, 0.29) is 0 Å². The minimum absolute atomic E-state index is 1.03. The highest BCUT2D eigenvalue weighted by Gasteiger charge is 1.82. The van der Waals surface area contributed by atoms with Gasteiger partial charge in [0.15, 0.2) is 0 Å². The van der Waals surface area contributed by atoms with Crippen molar-refractivity contribution in [3.05, 3.63) is 36.2 Å². The molecule has 0 aliphatic rings. The average Bonchev–Trinajstić information content (AvgIpc) is 2.14. The smallest absolute Gasteiger partial charge is 0.0273 e. The van der Waals surface area contributed by atoms with Crippen molar-refractivity contribution in [1.29, 1.82) is 0 Å². The fourth-order valence-electron chi connectivity index (χ4n) is 0.922. The second kappa shape index (κ2) is 5.49. The molecule has 0 radical (unpaired) electrons. The molecule has 12 heavy (non-hydrogen) atoms. The van der Waals surface area contributed by atoms with Gasteiger partial charge in [0.1, 0.15) is 0 Å². The van der Waals surface area contributed by atoms with Crippen LogP contribution in [0, 0.1) is 0 Å². The molecule has 0 saturated heterocycles. The average molecular weight is 162 g/mol. The van der Waals surface area contributed by atoms with Crippen LogP contribution in [0.4, 0.5) is 0 Å². The summed E-state index contributed by atoms with van der Waals surface area (Å²) < 4.78 is 0. The highest BCUT2D eigenvalue weighted by atomic mass is 14.8. The fourth-order valence-corrected chi connectivity index (χ4v) is 0.922. The Labute approximate surface area is 73.3 Å². The summed E-state index contributed by atoms with van der Waals surface area (Å²) in [5.74, 6) is 0. The quantitative estimate of drug-likeness (QED) is 0.682. The fraction of sp³-hybridized carbons (Fsp3) is 0.300. The maximum Gasteiger partial charge on any atom is 0.0273 e. The molecule has 0 bridgehead atoms. The van der Waals surface area contributed by atoms with Gasteiger partial charge in [-0.1, -0.05) is 12.2 Å². The van der Waals surface area contributed by atoms with Crippen LogP contribution < -0.4 is 5.32 Å². The number of nitrogens with one attached hydrogen (secondary N) is 1. The number of nitrogens with zero attached hydrogens (tertiary/aromatic N) is 1. The molecule has 1 rings (SSSR count). The van der Waals surface area contributed by atoms with Gasteiger partial charge in [0.25, 0.3) is 0 Å². The molecule has 1 N–H and O–H groups in total. The molecular formula is C10H14N2. The van der Waals surface area contributed by atoms with Crippen LogP contribution in [0.3, 0.4) is 0 Å².